The Morgan fingerprint density at radius 1 is 1.16 bits per heavy atom. The molecule has 0 radical (unpaired) electrons. The minimum absolute atomic E-state index is 0.0598. The van der Waals surface area contributed by atoms with Gasteiger partial charge in [0.1, 0.15) is 17.9 Å². The molecule has 168 valence electrons. The van der Waals surface area contributed by atoms with E-state index in [9.17, 15) is 14.4 Å². The fourth-order valence-electron chi connectivity index (χ4n) is 4.44. The van der Waals surface area contributed by atoms with Crippen LogP contribution in [0.5, 0.6) is 0 Å². The molecule has 4 rings (SSSR count). The molecule has 0 bridgehead atoms. The van der Waals surface area contributed by atoms with Gasteiger partial charge in [-0.3, -0.25) is 14.9 Å². The highest BCUT2D eigenvalue weighted by Gasteiger charge is 2.57. The first-order valence-corrected chi connectivity index (χ1v) is 10.9. The molecule has 2 aromatic rings. The first kappa shape index (κ1) is 21.8. The second-order valence-corrected chi connectivity index (χ2v) is 8.84. The minimum Gasteiger partial charge on any atom is -0.329 e. The van der Waals surface area contributed by atoms with E-state index < -0.39 is 5.54 Å². The van der Waals surface area contributed by atoms with Gasteiger partial charge in [-0.15, -0.1) is 0 Å². The number of nitrogens with one attached hydrogen (secondary N) is 1. The van der Waals surface area contributed by atoms with Gasteiger partial charge in [0.15, 0.2) is 0 Å². The van der Waals surface area contributed by atoms with Gasteiger partial charge in [0.25, 0.3) is 5.91 Å². The van der Waals surface area contributed by atoms with Crippen molar-refractivity contribution in [2.24, 2.45) is 0 Å². The molecule has 2 saturated heterocycles. The number of hydrogen-bond acceptors (Lipinski definition) is 4. The Balaban J connectivity index is 1.61. The summed E-state index contributed by atoms with van der Waals surface area (Å²) in [5.41, 5.74) is 1.03. The van der Waals surface area contributed by atoms with Crippen LogP contribution in [0.2, 0.25) is 0 Å². The molecule has 1 unspecified atom stereocenters. The maximum atomic E-state index is 13.7. The standard InChI is InChI=1S/C24H29N5O3/c1-17(2)28-15-21(30)29(14-19-9-7-18(3)8-10-19)24(22(28)31)11-13-27(16-24)23(32)26-20-6-4-5-12-25-20/h4-10,12,17H,11,13-16H2,1-3H3,(H,25,26,32). The molecule has 1 N–H and O–H groups in total. The molecule has 8 nitrogen and oxygen atoms in total. The van der Waals surface area contributed by atoms with Crippen LogP contribution in [-0.2, 0) is 16.1 Å². The Morgan fingerprint density at radius 3 is 2.56 bits per heavy atom. The van der Waals surface area contributed by atoms with Gasteiger partial charge in [0, 0.05) is 25.3 Å². The average molecular weight is 436 g/mol. The summed E-state index contributed by atoms with van der Waals surface area (Å²) in [6, 6.07) is 12.8. The molecule has 0 saturated carbocycles. The second kappa shape index (κ2) is 8.61. The molecule has 1 aromatic carbocycles. The predicted molar refractivity (Wildman–Crippen MR) is 121 cm³/mol. The molecule has 32 heavy (non-hydrogen) atoms. The van der Waals surface area contributed by atoms with E-state index in [2.05, 4.69) is 10.3 Å². The zero-order valence-corrected chi connectivity index (χ0v) is 18.7. The molecule has 1 aromatic heterocycles. The lowest BCUT2D eigenvalue weighted by molar-refractivity contribution is -0.166. The third-order valence-electron chi connectivity index (χ3n) is 6.30. The summed E-state index contributed by atoms with van der Waals surface area (Å²) >= 11 is 0. The lowest BCUT2D eigenvalue weighted by Gasteiger charge is -2.48. The number of urea groups is 1. The van der Waals surface area contributed by atoms with E-state index in [1.54, 1.807) is 39.1 Å². The number of hydrogen-bond donors (Lipinski definition) is 1. The van der Waals surface area contributed by atoms with E-state index >= 15 is 0 Å². The number of nitrogens with zero attached hydrogens (tertiary/aromatic N) is 4. The fourth-order valence-corrected chi connectivity index (χ4v) is 4.44. The van der Waals surface area contributed by atoms with Crippen molar-refractivity contribution in [3.8, 4) is 0 Å². The van der Waals surface area contributed by atoms with Gasteiger partial charge < -0.3 is 14.7 Å². The number of piperazine rings is 1. The van der Waals surface area contributed by atoms with Gasteiger partial charge in [-0.25, -0.2) is 9.78 Å². The van der Waals surface area contributed by atoms with Crippen LogP contribution in [0.1, 0.15) is 31.4 Å². The average Bonchev–Trinajstić information content (AvgIpc) is 3.22. The van der Waals surface area contributed by atoms with E-state index in [1.165, 1.54) is 0 Å². The monoisotopic (exact) mass is 435 g/mol. The summed E-state index contributed by atoms with van der Waals surface area (Å²) in [5.74, 6) is 0.267. The summed E-state index contributed by atoms with van der Waals surface area (Å²) in [6.07, 6.45) is 2.01. The summed E-state index contributed by atoms with van der Waals surface area (Å²) in [4.78, 5) is 48.9. The molecular formula is C24H29N5O3. The summed E-state index contributed by atoms with van der Waals surface area (Å²) < 4.78 is 0. The molecule has 4 amide bonds. The number of aryl methyl sites for hydroxylation is 1. The number of pyridine rings is 1. The van der Waals surface area contributed by atoms with Crippen LogP contribution in [0.15, 0.2) is 48.7 Å². The number of carbonyl (C=O) groups excluding carboxylic acids is 3. The SMILES string of the molecule is Cc1ccc(CN2C(=O)CN(C(C)C)C(=O)C23CCN(C(=O)Nc2ccccn2)C3)cc1. The zero-order chi connectivity index (χ0) is 22.9. The largest absolute Gasteiger partial charge is 0.329 e. The van der Waals surface area contributed by atoms with Crippen LogP contribution < -0.4 is 5.32 Å². The van der Waals surface area contributed by atoms with Gasteiger partial charge in [0.2, 0.25) is 5.91 Å². The zero-order valence-electron chi connectivity index (χ0n) is 18.7. The van der Waals surface area contributed by atoms with Crippen molar-refractivity contribution in [3.63, 3.8) is 0 Å². The van der Waals surface area contributed by atoms with Gasteiger partial charge in [-0.05, 0) is 44.9 Å². The number of rotatable bonds is 4. The van der Waals surface area contributed by atoms with Crippen LogP contribution in [0, 0.1) is 6.92 Å². The van der Waals surface area contributed by atoms with Crippen LogP contribution >= 0.6 is 0 Å². The number of likely N-dealkylation sites (tertiary alicyclic amines) is 1. The third-order valence-corrected chi connectivity index (χ3v) is 6.30. The van der Waals surface area contributed by atoms with E-state index in [-0.39, 0.29) is 37.0 Å². The van der Waals surface area contributed by atoms with E-state index in [0.29, 0.717) is 25.3 Å². The first-order valence-electron chi connectivity index (χ1n) is 10.9. The maximum Gasteiger partial charge on any atom is 0.323 e. The Morgan fingerprint density at radius 2 is 1.91 bits per heavy atom. The number of carbonyl (C=O) groups is 3. The van der Waals surface area contributed by atoms with Crippen molar-refractivity contribution in [1.82, 2.24) is 19.7 Å². The smallest absolute Gasteiger partial charge is 0.323 e. The molecule has 0 aliphatic carbocycles. The number of anilines is 1. The summed E-state index contributed by atoms with van der Waals surface area (Å²) in [6.45, 7) is 6.77. The first-order chi connectivity index (χ1) is 15.3. The predicted octanol–water partition coefficient (Wildman–Crippen LogP) is 2.65. The topological polar surface area (TPSA) is 85.9 Å². The highest BCUT2D eigenvalue weighted by atomic mass is 16.2. The molecule has 2 aliphatic heterocycles. The Hall–Kier alpha value is -3.42. The maximum absolute atomic E-state index is 13.7. The quantitative estimate of drug-likeness (QED) is 0.800. The molecular weight excluding hydrogens is 406 g/mol. The van der Waals surface area contributed by atoms with Gasteiger partial charge in [-0.1, -0.05) is 35.9 Å². The summed E-state index contributed by atoms with van der Waals surface area (Å²) in [5, 5.41) is 2.78. The third kappa shape index (κ3) is 4.04. The van der Waals surface area contributed by atoms with E-state index in [1.807, 2.05) is 45.0 Å². The van der Waals surface area contributed by atoms with Crippen LogP contribution in [-0.4, -0.2) is 68.7 Å². The number of aromatic nitrogens is 1. The number of amides is 4. The minimum atomic E-state index is -1.06. The van der Waals surface area contributed by atoms with Gasteiger partial charge in [0.05, 0.1) is 6.54 Å². The molecule has 1 atom stereocenters. The van der Waals surface area contributed by atoms with E-state index in [4.69, 9.17) is 0 Å². The normalized spacial score (nSPS) is 21.1. The van der Waals surface area contributed by atoms with Crippen molar-refractivity contribution >= 4 is 23.7 Å². The Labute approximate surface area is 188 Å². The summed E-state index contributed by atoms with van der Waals surface area (Å²) in [7, 11) is 0. The molecule has 3 heterocycles. The van der Waals surface area contributed by atoms with Crippen molar-refractivity contribution in [1.29, 1.82) is 0 Å². The Bertz CT molecular complexity index is 1010. The molecule has 1 spiro atoms. The highest BCUT2D eigenvalue weighted by Crippen LogP contribution is 2.36. The lowest BCUT2D eigenvalue weighted by Crippen LogP contribution is -2.69. The highest BCUT2D eigenvalue weighted by molar-refractivity contribution is 6.00. The van der Waals surface area contributed by atoms with E-state index in [0.717, 1.165) is 11.1 Å². The lowest BCUT2D eigenvalue weighted by atomic mass is 9.89. The molecule has 2 aliphatic rings. The van der Waals surface area contributed by atoms with Crippen molar-refractivity contribution < 1.29 is 14.4 Å². The molecule has 8 heteroatoms. The van der Waals surface area contributed by atoms with Gasteiger partial charge >= 0.3 is 6.03 Å². The van der Waals surface area contributed by atoms with Gasteiger partial charge in [-0.2, -0.15) is 0 Å². The van der Waals surface area contributed by atoms with Crippen molar-refractivity contribution in [3.05, 3.63) is 59.8 Å². The van der Waals surface area contributed by atoms with Crippen LogP contribution in [0.25, 0.3) is 0 Å². The van der Waals surface area contributed by atoms with Crippen LogP contribution in [0.4, 0.5) is 10.6 Å². The Kier molecular flexibility index (Phi) is 5.86. The van der Waals surface area contributed by atoms with Crippen molar-refractivity contribution in [2.45, 2.75) is 45.3 Å². The fraction of sp³-hybridized carbons (Fsp3) is 0.417. The second-order valence-electron chi connectivity index (χ2n) is 8.84. The van der Waals surface area contributed by atoms with Crippen molar-refractivity contribution in [2.75, 3.05) is 25.0 Å². The molecule has 2 fully saturated rings. The number of benzene rings is 1. The van der Waals surface area contributed by atoms with Crippen LogP contribution in [0.3, 0.4) is 0 Å².